The third-order valence-electron chi connectivity index (χ3n) is 6.03. The highest BCUT2D eigenvalue weighted by molar-refractivity contribution is 5.88. The first-order valence-corrected chi connectivity index (χ1v) is 11.1. The average molecular weight is 482 g/mol. The molecule has 5 rings (SSSR count). The third-order valence-corrected chi connectivity index (χ3v) is 6.03. The molecule has 0 bridgehead atoms. The number of para-hydroxylation sites is 1. The number of nitrogens with one attached hydrogen (secondary N) is 1. The molecule has 0 amide bonds. The highest BCUT2D eigenvalue weighted by Crippen LogP contribution is 2.30. The van der Waals surface area contributed by atoms with Crippen molar-refractivity contribution in [1.82, 2.24) is 15.0 Å². The second-order valence-corrected chi connectivity index (χ2v) is 8.26. The molecule has 0 radical (unpaired) electrons. The molecule has 10 heteroatoms. The maximum atomic E-state index is 15.0. The number of benzene rings is 2. The smallest absolute Gasteiger partial charge is 0.366 e. The molecule has 0 unspecified atom stereocenters. The number of hydrogen-bond donors (Lipinski definition) is 1. The van der Waals surface area contributed by atoms with E-state index in [9.17, 15) is 17.6 Å². The average Bonchev–Trinajstić information content (AvgIpc) is 2.87. The number of piperazine rings is 1. The number of halogens is 4. The Morgan fingerprint density at radius 1 is 0.857 bits per heavy atom. The van der Waals surface area contributed by atoms with Gasteiger partial charge in [0.2, 0.25) is 0 Å². The highest BCUT2D eigenvalue weighted by Gasteiger charge is 2.31. The van der Waals surface area contributed by atoms with Gasteiger partial charge in [0.1, 0.15) is 23.8 Å². The van der Waals surface area contributed by atoms with E-state index < -0.39 is 11.7 Å². The van der Waals surface area contributed by atoms with E-state index in [1.165, 1.54) is 18.5 Å². The molecule has 1 aliphatic heterocycles. The predicted molar refractivity (Wildman–Crippen MR) is 127 cm³/mol. The van der Waals surface area contributed by atoms with E-state index >= 15 is 0 Å². The van der Waals surface area contributed by atoms with Crippen molar-refractivity contribution in [2.45, 2.75) is 12.7 Å². The van der Waals surface area contributed by atoms with Crippen LogP contribution in [-0.4, -0.2) is 41.1 Å². The zero-order valence-corrected chi connectivity index (χ0v) is 18.6. The fourth-order valence-corrected chi connectivity index (χ4v) is 4.17. The second kappa shape index (κ2) is 9.36. The van der Waals surface area contributed by atoms with Gasteiger partial charge in [0, 0.05) is 44.3 Å². The van der Waals surface area contributed by atoms with Gasteiger partial charge in [0.05, 0.1) is 16.8 Å². The fourth-order valence-electron chi connectivity index (χ4n) is 4.17. The van der Waals surface area contributed by atoms with Gasteiger partial charge >= 0.3 is 6.18 Å². The maximum Gasteiger partial charge on any atom is 0.417 e. The van der Waals surface area contributed by atoms with Gasteiger partial charge in [-0.25, -0.2) is 19.3 Å². The first-order chi connectivity index (χ1) is 16.9. The Morgan fingerprint density at radius 2 is 1.63 bits per heavy atom. The molecule has 35 heavy (non-hydrogen) atoms. The molecule has 1 aliphatic rings. The largest absolute Gasteiger partial charge is 0.417 e. The lowest BCUT2D eigenvalue weighted by molar-refractivity contribution is -0.137. The monoisotopic (exact) mass is 482 g/mol. The van der Waals surface area contributed by atoms with E-state index in [1.54, 1.807) is 6.07 Å². The van der Waals surface area contributed by atoms with Crippen molar-refractivity contribution in [2.24, 2.45) is 0 Å². The Morgan fingerprint density at radius 3 is 2.34 bits per heavy atom. The number of aromatic nitrogens is 3. The van der Waals surface area contributed by atoms with Crippen LogP contribution in [0.25, 0.3) is 10.9 Å². The molecule has 1 fully saturated rings. The van der Waals surface area contributed by atoms with Crippen molar-refractivity contribution < 1.29 is 17.6 Å². The van der Waals surface area contributed by atoms with E-state index in [0.29, 0.717) is 50.0 Å². The van der Waals surface area contributed by atoms with Gasteiger partial charge in [-0.1, -0.05) is 18.2 Å². The van der Waals surface area contributed by atoms with Crippen LogP contribution in [0.15, 0.2) is 67.1 Å². The van der Waals surface area contributed by atoms with E-state index in [-0.39, 0.29) is 5.82 Å². The van der Waals surface area contributed by atoms with Crippen LogP contribution in [0.1, 0.15) is 11.1 Å². The molecule has 180 valence electrons. The number of alkyl halides is 3. The molecule has 1 saturated heterocycles. The first-order valence-electron chi connectivity index (χ1n) is 11.1. The van der Waals surface area contributed by atoms with E-state index in [0.717, 1.165) is 28.7 Å². The van der Waals surface area contributed by atoms with E-state index in [2.05, 4.69) is 20.3 Å². The minimum Gasteiger partial charge on any atom is -0.366 e. The summed E-state index contributed by atoms with van der Waals surface area (Å²) in [5.74, 6) is 0.850. The molecule has 0 saturated carbocycles. The standard InChI is InChI=1S/C25H22F4N6/c26-20-13-17(14-31-24-19-3-1-2-4-21(19)32-16-33-24)5-7-22(20)34-9-11-35(12-10-34)23-8-6-18(15-30-23)25(27,28)29/h1-8,13,15-16H,9-12,14H2,(H,31,32,33). The van der Waals surface area contributed by atoms with Gasteiger partial charge in [-0.15, -0.1) is 0 Å². The Kier molecular flexibility index (Phi) is 6.10. The lowest BCUT2D eigenvalue weighted by Crippen LogP contribution is -2.47. The van der Waals surface area contributed by atoms with Gasteiger partial charge in [-0.2, -0.15) is 13.2 Å². The molecule has 4 aromatic rings. The molecule has 0 spiro atoms. The summed E-state index contributed by atoms with van der Waals surface area (Å²) < 4.78 is 53.2. The summed E-state index contributed by atoms with van der Waals surface area (Å²) in [4.78, 5) is 16.3. The van der Waals surface area contributed by atoms with Gasteiger partial charge in [0.25, 0.3) is 0 Å². The predicted octanol–water partition coefficient (Wildman–Crippen LogP) is 5.12. The van der Waals surface area contributed by atoms with Crippen molar-refractivity contribution >= 4 is 28.2 Å². The molecular weight excluding hydrogens is 460 g/mol. The van der Waals surface area contributed by atoms with Crippen LogP contribution in [0.3, 0.4) is 0 Å². The van der Waals surface area contributed by atoms with Crippen molar-refractivity contribution in [3.63, 3.8) is 0 Å². The lowest BCUT2D eigenvalue weighted by atomic mass is 10.1. The number of hydrogen-bond acceptors (Lipinski definition) is 6. The van der Waals surface area contributed by atoms with Gasteiger partial charge in [-0.05, 0) is 42.0 Å². The molecule has 1 N–H and O–H groups in total. The zero-order valence-electron chi connectivity index (χ0n) is 18.6. The summed E-state index contributed by atoms with van der Waals surface area (Å²) in [6, 6.07) is 15.2. The molecule has 0 atom stereocenters. The summed E-state index contributed by atoms with van der Waals surface area (Å²) in [5.41, 5.74) is 1.34. The quantitative estimate of drug-likeness (QED) is 0.399. The lowest BCUT2D eigenvalue weighted by Gasteiger charge is -2.37. The van der Waals surface area contributed by atoms with Crippen LogP contribution in [0.4, 0.5) is 34.9 Å². The van der Waals surface area contributed by atoms with Gasteiger partial charge in [0.15, 0.2) is 0 Å². The van der Waals surface area contributed by atoms with Crippen molar-refractivity contribution in [3.05, 3.63) is 84.1 Å². The summed E-state index contributed by atoms with van der Waals surface area (Å²) >= 11 is 0. The van der Waals surface area contributed by atoms with Gasteiger partial charge in [-0.3, -0.25) is 0 Å². The summed E-state index contributed by atoms with van der Waals surface area (Å²) in [6.45, 7) is 2.53. The minimum atomic E-state index is -4.41. The maximum absolute atomic E-state index is 15.0. The summed E-state index contributed by atoms with van der Waals surface area (Å²) in [6.07, 6.45) is -2.07. The molecule has 6 nitrogen and oxygen atoms in total. The number of fused-ring (bicyclic) bond motifs is 1. The van der Waals surface area contributed by atoms with E-state index in [4.69, 9.17) is 0 Å². The van der Waals surface area contributed by atoms with Crippen molar-refractivity contribution in [3.8, 4) is 0 Å². The van der Waals surface area contributed by atoms with Crippen LogP contribution in [0.2, 0.25) is 0 Å². The topological polar surface area (TPSA) is 57.2 Å². The number of anilines is 3. The van der Waals surface area contributed by atoms with E-state index in [1.807, 2.05) is 40.1 Å². The molecule has 2 aromatic carbocycles. The Balaban J connectivity index is 1.21. The molecule has 0 aliphatic carbocycles. The Hall–Kier alpha value is -3.95. The molecule has 2 aromatic heterocycles. The molecule has 3 heterocycles. The Bertz CT molecular complexity index is 1310. The Labute approximate surface area is 199 Å². The first kappa shape index (κ1) is 22.8. The fraction of sp³-hybridized carbons (Fsp3) is 0.240. The van der Waals surface area contributed by atoms with Crippen LogP contribution >= 0.6 is 0 Å². The summed E-state index contributed by atoms with van der Waals surface area (Å²) in [7, 11) is 0. The van der Waals surface area contributed by atoms with Crippen LogP contribution in [0, 0.1) is 5.82 Å². The number of nitrogens with zero attached hydrogens (tertiary/aromatic N) is 5. The van der Waals surface area contributed by atoms with Crippen LogP contribution in [-0.2, 0) is 12.7 Å². The van der Waals surface area contributed by atoms with Crippen molar-refractivity contribution in [2.75, 3.05) is 41.3 Å². The zero-order chi connectivity index (χ0) is 24.4. The number of pyridine rings is 1. The van der Waals surface area contributed by atoms with Crippen molar-refractivity contribution in [1.29, 1.82) is 0 Å². The number of rotatable bonds is 5. The third kappa shape index (κ3) is 4.96. The van der Waals surface area contributed by atoms with Crippen LogP contribution < -0.4 is 15.1 Å². The van der Waals surface area contributed by atoms with Gasteiger partial charge < -0.3 is 15.1 Å². The normalized spacial score (nSPS) is 14.4. The second-order valence-electron chi connectivity index (χ2n) is 8.26. The van der Waals surface area contributed by atoms with Crippen LogP contribution in [0.5, 0.6) is 0 Å². The minimum absolute atomic E-state index is 0.321. The SMILES string of the molecule is Fc1cc(CNc2ncnc3ccccc23)ccc1N1CCN(c2ccc(C(F)(F)F)cn2)CC1. The summed E-state index contributed by atoms with van der Waals surface area (Å²) in [5, 5.41) is 4.15. The highest BCUT2D eigenvalue weighted by atomic mass is 19.4. The molecular formula is C25H22F4N6.